The van der Waals surface area contributed by atoms with Crippen LogP contribution in [0.15, 0.2) is 30.3 Å². The molecule has 0 aliphatic carbocycles. The van der Waals surface area contributed by atoms with Crippen molar-refractivity contribution in [2.45, 2.75) is 37.9 Å². The van der Waals surface area contributed by atoms with Gasteiger partial charge in [-0.15, -0.1) is 0 Å². The highest BCUT2D eigenvalue weighted by atomic mass is 16.7. The fraction of sp³-hybridized carbons (Fsp3) is 0.538. The van der Waals surface area contributed by atoms with Crippen LogP contribution in [0.2, 0.25) is 0 Å². The summed E-state index contributed by atoms with van der Waals surface area (Å²) in [5.74, 6) is 0. The Labute approximate surface area is 95.3 Å². The maximum absolute atomic E-state index is 5.92. The van der Waals surface area contributed by atoms with E-state index in [1.54, 1.807) is 0 Å². The summed E-state index contributed by atoms with van der Waals surface area (Å²) in [5.41, 5.74) is 1.09. The standard InChI is InChI=1S/C13H16O3/c1-9-12-11(7-8-14-9)15-13(16-12)10-5-3-2-4-6-10/h2-6,9,11-13H,7-8H2,1H3. The van der Waals surface area contributed by atoms with E-state index >= 15 is 0 Å². The van der Waals surface area contributed by atoms with Crippen LogP contribution in [-0.4, -0.2) is 24.9 Å². The van der Waals surface area contributed by atoms with E-state index in [1.807, 2.05) is 37.3 Å². The normalized spacial score (nSPS) is 38.3. The SMILES string of the molecule is CC1OCCC2OC(c3ccccc3)OC12. The van der Waals surface area contributed by atoms with Gasteiger partial charge in [0, 0.05) is 12.2 Å². The van der Waals surface area contributed by atoms with Crippen molar-refractivity contribution in [1.29, 1.82) is 0 Å². The molecular formula is C13H16O3. The third-order valence-electron chi connectivity index (χ3n) is 3.26. The summed E-state index contributed by atoms with van der Waals surface area (Å²) in [5, 5.41) is 0. The molecule has 0 spiro atoms. The molecule has 2 fully saturated rings. The summed E-state index contributed by atoms with van der Waals surface area (Å²) in [7, 11) is 0. The Morgan fingerprint density at radius 1 is 1.12 bits per heavy atom. The first kappa shape index (κ1) is 10.3. The molecule has 1 aromatic carbocycles. The molecule has 3 heteroatoms. The first-order valence-corrected chi connectivity index (χ1v) is 5.82. The average molecular weight is 220 g/mol. The van der Waals surface area contributed by atoms with Gasteiger partial charge in [-0.05, 0) is 13.3 Å². The summed E-state index contributed by atoms with van der Waals surface area (Å²) in [6.07, 6.45) is 1.11. The lowest BCUT2D eigenvalue weighted by Gasteiger charge is -2.28. The number of benzene rings is 1. The van der Waals surface area contributed by atoms with Crippen molar-refractivity contribution >= 4 is 0 Å². The minimum Gasteiger partial charge on any atom is -0.376 e. The highest BCUT2D eigenvalue weighted by Gasteiger charge is 2.42. The van der Waals surface area contributed by atoms with Gasteiger partial charge in [0.1, 0.15) is 6.10 Å². The van der Waals surface area contributed by atoms with Crippen LogP contribution in [0.1, 0.15) is 25.2 Å². The molecule has 1 aromatic rings. The maximum Gasteiger partial charge on any atom is 0.184 e. The number of hydrogen-bond acceptors (Lipinski definition) is 3. The Bertz CT molecular complexity index is 351. The van der Waals surface area contributed by atoms with Gasteiger partial charge in [-0.2, -0.15) is 0 Å². The number of rotatable bonds is 1. The van der Waals surface area contributed by atoms with Crippen LogP contribution in [0, 0.1) is 0 Å². The van der Waals surface area contributed by atoms with Crippen LogP contribution in [-0.2, 0) is 14.2 Å². The van der Waals surface area contributed by atoms with Gasteiger partial charge in [0.25, 0.3) is 0 Å². The molecule has 3 rings (SSSR count). The summed E-state index contributed by atoms with van der Waals surface area (Å²) in [6, 6.07) is 10.1. The van der Waals surface area contributed by atoms with Crippen LogP contribution in [0.3, 0.4) is 0 Å². The summed E-state index contributed by atoms with van der Waals surface area (Å²) in [6.45, 7) is 2.82. The Kier molecular flexibility index (Phi) is 2.67. The van der Waals surface area contributed by atoms with Crippen molar-refractivity contribution in [3.8, 4) is 0 Å². The van der Waals surface area contributed by atoms with Crippen LogP contribution in [0.5, 0.6) is 0 Å². The van der Waals surface area contributed by atoms with Gasteiger partial charge in [-0.25, -0.2) is 0 Å². The van der Waals surface area contributed by atoms with Crippen LogP contribution < -0.4 is 0 Å². The second-order valence-corrected chi connectivity index (χ2v) is 4.38. The monoisotopic (exact) mass is 220 g/mol. The van der Waals surface area contributed by atoms with E-state index in [0.717, 1.165) is 18.6 Å². The van der Waals surface area contributed by atoms with E-state index in [2.05, 4.69) is 0 Å². The molecular weight excluding hydrogens is 204 g/mol. The summed E-state index contributed by atoms with van der Waals surface area (Å²) < 4.78 is 17.4. The third-order valence-corrected chi connectivity index (χ3v) is 3.26. The first-order chi connectivity index (χ1) is 7.84. The van der Waals surface area contributed by atoms with Gasteiger partial charge in [0.2, 0.25) is 0 Å². The summed E-state index contributed by atoms with van der Waals surface area (Å²) in [4.78, 5) is 0. The number of ether oxygens (including phenoxy) is 3. The average Bonchev–Trinajstić information content (AvgIpc) is 2.76. The molecule has 86 valence electrons. The number of hydrogen-bond donors (Lipinski definition) is 0. The molecule has 2 heterocycles. The fourth-order valence-corrected chi connectivity index (χ4v) is 2.38. The van der Waals surface area contributed by atoms with Crippen molar-refractivity contribution in [3.63, 3.8) is 0 Å². The van der Waals surface area contributed by atoms with Crippen LogP contribution >= 0.6 is 0 Å². The molecule has 2 aliphatic heterocycles. The van der Waals surface area contributed by atoms with Gasteiger partial charge in [0.15, 0.2) is 6.29 Å². The highest BCUT2D eigenvalue weighted by molar-refractivity contribution is 5.17. The van der Waals surface area contributed by atoms with Gasteiger partial charge in [-0.1, -0.05) is 30.3 Å². The smallest absolute Gasteiger partial charge is 0.184 e. The molecule has 2 aliphatic rings. The Balaban J connectivity index is 1.77. The Morgan fingerprint density at radius 2 is 1.94 bits per heavy atom. The first-order valence-electron chi connectivity index (χ1n) is 5.82. The van der Waals surface area contributed by atoms with Gasteiger partial charge < -0.3 is 14.2 Å². The lowest BCUT2D eigenvalue weighted by atomic mass is 10.0. The zero-order valence-corrected chi connectivity index (χ0v) is 9.34. The van der Waals surface area contributed by atoms with Crippen LogP contribution in [0.25, 0.3) is 0 Å². The Morgan fingerprint density at radius 3 is 2.69 bits per heavy atom. The maximum atomic E-state index is 5.92. The van der Waals surface area contributed by atoms with Gasteiger partial charge in [-0.3, -0.25) is 0 Å². The molecule has 0 bridgehead atoms. The fourth-order valence-electron chi connectivity index (χ4n) is 2.38. The van der Waals surface area contributed by atoms with Gasteiger partial charge in [0.05, 0.1) is 12.2 Å². The highest BCUT2D eigenvalue weighted by Crippen LogP contribution is 2.36. The number of fused-ring (bicyclic) bond motifs is 1. The third kappa shape index (κ3) is 1.75. The second kappa shape index (κ2) is 4.17. The molecule has 4 atom stereocenters. The van der Waals surface area contributed by atoms with Gasteiger partial charge >= 0.3 is 0 Å². The van der Waals surface area contributed by atoms with E-state index in [-0.39, 0.29) is 24.6 Å². The summed E-state index contributed by atoms with van der Waals surface area (Å²) >= 11 is 0. The van der Waals surface area contributed by atoms with Crippen molar-refractivity contribution in [3.05, 3.63) is 35.9 Å². The molecule has 0 saturated carbocycles. The minimum absolute atomic E-state index is 0.0824. The van der Waals surface area contributed by atoms with Crippen molar-refractivity contribution in [1.82, 2.24) is 0 Å². The molecule has 0 amide bonds. The lowest BCUT2D eigenvalue weighted by Crippen LogP contribution is -2.40. The van der Waals surface area contributed by atoms with Crippen molar-refractivity contribution < 1.29 is 14.2 Å². The predicted octanol–water partition coefficient (Wildman–Crippen LogP) is 2.28. The van der Waals surface area contributed by atoms with E-state index in [4.69, 9.17) is 14.2 Å². The molecule has 2 saturated heterocycles. The molecule has 0 aromatic heterocycles. The largest absolute Gasteiger partial charge is 0.376 e. The van der Waals surface area contributed by atoms with E-state index in [0.29, 0.717) is 0 Å². The Hall–Kier alpha value is -0.900. The minimum atomic E-state index is -0.222. The van der Waals surface area contributed by atoms with E-state index in [9.17, 15) is 0 Å². The topological polar surface area (TPSA) is 27.7 Å². The van der Waals surface area contributed by atoms with Crippen LogP contribution in [0.4, 0.5) is 0 Å². The lowest BCUT2D eigenvalue weighted by molar-refractivity contribution is -0.0931. The van der Waals surface area contributed by atoms with Crippen molar-refractivity contribution in [2.24, 2.45) is 0 Å². The zero-order valence-electron chi connectivity index (χ0n) is 9.34. The predicted molar refractivity (Wildman–Crippen MR) is 59.0 cm³/mol. The molecule has 0 radical (unpaired) electrons. The van der Waals surface area contributed by atoms with E-state index in [1.165, 1.54) is 0 Å². The quantitative estimate of drug-likeness (QED) is 0.726. The molecule has 16 heavy (non-hydrogen) atoms. The molecule has 4 unspecified atom stereocenters. The zero-order chi connectivity index (χ0) is 11.0. The second-order valence-electron chi connectivity index (χ2n) is 4.38. The van der Waals surface area contributed by atoms with E-state index < -0.39 is 0 Å². The van der Waals surface area contributed by atoms with Crippen molar-refractivity contribution in [2.75, 3.05) is 6.61 Å². The molecule has 0 N–H and O–H groups in total. The molecule has 3 nitrogen and oxygen atoms in total.